The molecule has 0 fully saturated rings. The van der Waals surface area contributed by atoms with Crippen LogP contribution in [0.5, 0.6) is 0 Å². The first-order chi connectivity index (χ1) is 13.7. The van der Waals surface area contributed by atoms with Crippen molar-refractivity contribution in [3.63, 3.8) is 0 Å². The molecule has 1 heterocycles. The number of hydrogen-bond donors (Lipinski definition) is 2. The minimum absolute atomic E-state index is 0.114. The van der Waals surface area contributed by atoms with Crippen molar-refractivity contribution in [1.82, 2.24) is 0 Å². The molecule has 3 N–H and O–H groups in total. The van der Waals surface area contributed by atoms with Crippen molar-refractivity contribution in [3.05, 3.63) is 96.1 Å². The maximum atomic E-state index is 8.56. The molecule has 0 unspecified atom stereocenters. The number of fused-ring (bicyclic) bond motifs is 4. The van der Waals surface area contributed by atoms with E-state index in [1.54, 1.807) is 0 Å². The van der Waals surface area contributed by atoms with Crippen LogP contribution in [0.25, 0.3) is 32.7 Å². The van der Waals surface area contributed by atoms with Crippen LogP contribution in [0.1, 0.15) is 11.1 Å². The lowest BCUT2D eigenvalue weighted by molar-refractivity contribution is 0.669. The van der Waals surface area contributed by atoms with E-state index in [1.807, 2.05) is 66.7 Å². The number of hydrogen-bond acceptors (Lipinski definition) is 2. The van der Waals surface area contributed by atoms with Gasteiger partial charge in [0, 0.05) is 21.9 Å². The van der Waals surface area contributed by atoms with Crippen molar-refractivity contribution < 1.29 is 4.42 Å². The van der Waals surface area contributed by atoms with Crippen LogP contribution in [-0.4, -0.2) is 11.7 Å². The summed E-state index contributed by atoms with van der Waals surface area (Å²) in [6.45, 7) is 0. The zero-order chi connectivity index (χ0) is 19.1. The van der Waals surface area contributed by atoms with Crippen LogP contribution in [-0.2, 0) is 0 Å². The standard InChI is InChI=1S/C24H17N3O/c25-23(15-7-2-1-3-8-15)27-24(26)18-11-6-12-20-22(18)19-13-16-9-4-5-10-17(16)14-21(19)28-20/h1-14H,(H3,25,26,27). The molecule has 1 aromatic heterocycles. The fourth-order valence-electron chi connectivity index (χ4n) is 3.56. The molecule has 0 saturated carbocycles. The second kappa shape index (κ2) is 6.35. The van der Waals surface area contributed by atoms with Gasteiger partial charge in [0.1, 0.15) is 17.0 Å². The van der Waals surface area contributed by atoms with Crippen LogP contribution in [0, 0.1) is 5.41 Å². The van der Waals surface area contributed by atoms with Gasteiger partial charge in [0.15, 0.2) is 5.84 Å². The van der Waals surface area contributed by atoms with E-state index < -0.39 is 0 Å². The van der Waals surface area contributed by atoms with Crippen molar-refractivity contribution in [2.24, 2.45) is 10.7 Å². The average Bonchev–Trinajstić information content (AvgIpc) is 3.10. The first-order valence-corrected chi connectivity index (χ1v) is 9.03. The molecule has 0 spiro atoms. The predicted octanol–water partition coefficient (Wildman–Crippen LogP) is 5.47. The van der Waals surface area contributed by atoms with Gasteiger partial charge < -0.3 is 10.2 Å². The Labute approximate surface area is 161 Å². The number of nitrogens with one attached hydrogen (secondary N) is 1. The van der Waals surface area contributed by atoms with Gasteiger partial charge in [-0.1, -0.05) is 66.7 Å². The molecule has 0 radical (unpaired) electrons. The normalized spacial score (nSPS) is 12.1. The van der Waals surface area contributed by atoms with Gasteiger partial charge in [-0.3, -0.25) is 5.41 Å². The third-order valence-corrected chi connectivity index (χ3v) is 4.92. The molecule has 0 amide bonds. The third-order valence-electron chi connectivity index (χ3n) is 4.92. The first-order valence-electron chi connectivity index (χ1n) is 9.03. The van der Waals surface area contributed by atoms with E-state index in [0.717, 1.165) is 38.3 Å². The molecular weight excluding hydrogens is 346 g/mol. The van der Waals surface area contributed by atoms with Crippen LogP contribution in [0.4, 0.5) is 0 Å². The number of furan rings is 1. The Morgan fingerprint density at radius 1 is 0.786 bits per heavy atom. The van der Waals surface area contributed by atoms with Gasteiger partial charge >= 0.3 is 0 Å². The summed E-state index contributed by atoms with van der Waals surface area (Å²) in [4.78, 5) is 4.35. The third kappa shape index (κ3) is 2.63. The van der Waals surface area contributed by atoms with Gasteiger partial charge in [0.2, 0.25) is 0 Å². The Balaban J connectivity index is 1.71. The summed E-state index contributed by atoms with van der Waals surface area (Å²) < 4.78 is 6.06. The van der Waals surface area contributed by atoms with Crippen molar-refractivity contribution in [1.29, 1.82) is 5.41 Å². The van der Waals surface area contributed by atoms with Crippen molar-refractivity contribution in [2.75, 3.05) is 0 Å². The highest BCUT2D eigenvalue weighted by atomic mass is 16.3. The summed E-state index contributed by atoms with van der Waals surface area (Å²) in [5, 5.41) is 12.7. The van der Waals surface area contributed by atoms with Crippen molar-refractivity contribution in [3.8, 4) is 0 Å². The van der Waals surface area contributed by atoms with Crippen molar-refractivity contribution in [2.45, 2.75) is 0 Å². The minimum atomic E-state index is 0.114. The number of nitrogens with zero attached hydrogens (tertiary/aromatic N) is 1. The van der Waals surface area contributed by atoms with E-state index in [0.29, 0.717) is 11.4 Å². The zero-order valence-corrected chi connectivity index (χ0v) is 15.0. The maximum Gasteiger partial charge on any atom is 0.154 e. The van der Waals surface area contributed by atoms with E-state index >= 15 is 0 Å². The molecule has 4 aromatic carbocycles. The van der Waals surface area contributed by atoms with Crippen LogP contribution < -0.4 is 5.73 Å². The number of rotatable bonds is 2. The lowest BCUT2D eigenvalue weighted by Crippen LogP contribution is -2.15. The van der Waals surface area contributed by atoms with Gasteiger partial charge in [0.05, 0.1) is 0 Å². The Morgan fingerprint density at radius 3 is 2.29 bits per heavy atom. The SMILES string of the molecule is N=C(N=C(N)c1ccccc1)c1cccc2oc3cc4ccccc4cc3c12. The van der Waals surface area contributed by atoms with Gasteiger partial charge in [-0.15, -0.1) is 0 Å². The molecule has 0 aliphatic heterocycles. The average molecular weight is 363 g/mol. The van der Waals surface area contributed by atoms with Gasteiger partial charge in [-0.25, -0.2) is 4.99 Å². The van der Waals surface area contributed by atoms with Crippen LogP contribution >= 0.6 is 0 Å². The maximum absolute atomic E-state index is 8.56. The molecule has 134 valence electrons. The second-order valence-electron chi connectivity index (χ2n) is 6.69. The number of aliphatic imine (C=N–C) groups is 1. The van der Waals surface area contributed by atoms with Crippen molar-refractivity contribution >= 4 is 44.4 Å². The minimum Gasteiger partial charge on any atom is -0.456 e. The molecule has 0 bridgehead atoms. The lowest BCUT2D eigenvalue weighted by atomic mass is 10.0. The zero-order valence-electron chi connectivity index (χ0n) is 15.0. The molecule has 0 atom stereocenters. The Kier molecular flexibility index (Phi) is 3.69. The van der Waals surface area contributed by atoms with Crippen LogP contribution in [0.2, 0.25) is 0 Å². The smallest absolute Gasteiger partial charge is 0.154 e. The Morgan fingerprint density at radius 2 is 1.50 bits per heavy atom. The fourth-order valence-corrected chi connectivity index (χ4v) is 3.56. The van der Waals surface area contributed by atoms with E-state index in [9.17, 15) is 0 Å². The van der Waals surface area contributed by atoms with E-state index in [2.05, 4.69) is 23.2 Å². The molecular formula is C24H17N3O. The van der Waals surface area contributed by atoms with Crippen LogP contribution in [0.15, 0.2) is 94.3 Å². The highest BCUT2D eigenvalue weighted by Gasteiger charge is 2.15. The summed E-state index contributed by atoms with van der Waals surface area (Å²) >= 11 is 0. The second-order valence-corrected chi connectivity index (χ2v) is 6.69. The molecule has 0 aliphatic carbocycles. The van der Waals surface area contributed by atoms with Gasteiger partial charge in [0.25, 0.3) is 0 Å². The van der Waals surface area contributed by atoms with E-state index in [-0.39, 0.29) is 5.84 Å². The van der Waals surface area contributed by atoms with E-state index in [1.165, 1.54) is 0 Å². The highest BCUT2D eigenvalue weighted by Crippen LogP contribution is 2.34. The van der Waals surface area contributed by atoms with Crippen LogP contribution in [0.3, 0.4) is 0 Å². The summed E-state index contributed by atoms with van der Waals surface area (Å²) in [7, 11) is 0. The molecule has 5 aromatic rings. The molecule has 4 nitrogen and oxygen atoms in total. The number of nitrogens with two attached hydrogens (primary N) is 1. The summed E-state index contributed by atoms with van der Waals surface area (Å²) in [6.07, 6.45) is 0. The summed E-state index contributed by atoms with van der Waals surface area (Å²) in [5.41, 5.74) is 9.16. The quantitative estimate of drug-likeness (QED) is 0.322. The predicted molar refractivity (Wildman–Crippen MR) is 115 cm³/mol. The largest absolute Gasteiger partial charge is 0.456 e. The number of benzene rings is 4. The van der Waals surface area contributed by atoms with Gasteiger partial charge in [-0.2, -0.15) is 0 Å². The molecule has 4 heteroatoms. The number of amidine groups is 2. The topological polar surface area (TPSA) is 75.4 Å². The fraction of sp³-hybridized carbons (Fsp3) is 0. The lowest BCUT2D eigenvalue weighted by Gasteiger charge is -2.04. The molecule has 28 heavy (non-hydrogen) atoms. The van der Waals surface area contributed by atoms with Gasteiger partial charge in [-0.05, 0) is 29.0 Å². The molecule has 0 aliphatic rings. The molecule has 0 saturated heterocycles. The van der Waals surface area contributed by atoms with E-state index in [4.69, 9.17) is 15.6 Å². The Bertz CT molecular complexity index is 1380. The first kappa shape index (κ1) is 16.3. The highest BCUT2D eigenvalue weighted by molar-refractivity contribution is 6.21. The monoisotopic (exact) mass is 363 g/mol. The molecule has 5 rings (SSSR count). The summed E-state index contributed by atoms with van der Waals surface area (Å²) in [5.74, 6) is 0.434. The Hall–Kier alpha value is -3.92. The summed E-state index contributed by atoms with van der Waals surface area (Å²) in [6, 6.07) is 27.5.